The topological polar surface area (TPSA) is 141 Å². The van der Waals surface area contributed by atoms with Crippen LogP contribution in [0.15, 0.2) is 64.8 Å². The summed E-state index contributed by atoms with van der Waals surface area (Å²) in [6.07, 6.45) is 6.29. The van der Waals surface area contributed by atoms with Crippen LogP contribution in [0.4, 0.5) is 0 Å². The van der Waals surface area contributed by atoms with Crippen LogP contribution in [0.3, 0.4) is 0 Å². The number of ether oxygens (including phenoxy) is 1. The summed E-state index contributed by atoms with van der Waals surface area (Å²) in [5.74, 6) is 1.62. The lowest BCUT2D eigenvalue weighted by Gasteiger charge is -2.16. The van der Waals surface area contributed by atoms with Gasteiger partial charge in [0.1, 0.15) is 5.82 Å². The van der Waals surface area contributed by atoms with Crippen LogP contribution >= 0.6 is 0 Å². The summed E-state index contributed by atoms with van der Waals surface area (Å²) in [5.41, 5.74) is 9.90. The van der Waals surface area contributed by atoms with Gasteiger partial charge in [0.15, 0.2) is 5.84 Å². The minimum Gasteiger partial charge on any atom is -0.478 e. The predicted molar refractivity (Wildman–Crippen MR) is 143 cm³/mol. The van der Waals surface area contributed by atoms with Crippen molar-refractivity contribution in [2.75, 3.05) is 6.61 Å². The first kappa shape index (κ1) is 25.1. The Balaban J connectivity index is 1.54. The van der Waals surface area contributed by atoms with Crippen LogP contribution in [0.2, 0.25) is 0 Å². The summed E-state index contributed by atoms with van der Waals surface area (Å²) in [5, 5.41) is 12.3. The Kier molecular flexibility index (Phi) is 7.12. The zero-order valence-corrected chi connectivity index (χ0v) is 21.3. The number of aryl methyl sites for hydroxylation is 1. The van der Waals surface area contributed by atoms with Crippen molar-refractivity contribution >= 4 is 5.84 Å². The highest BCUT2D eigenvalue weighted by molar-refractivity contribution is 6.02. The second-order valence-electron chi connectivity index (χ2n) is 9.05. The molecule has 0 radical (unpaired) electrons. The van der Waals surface area contributed by atoms with Gasteiger partial charge in [0.05, 0.1) is 18.0 Å². The number of hydrogen-bond donors (Lipinski definition) is 2. The van der Waals surface area contributed by atoms with Crippen molar-refractivity contribution < 1.29 is 9.94 Å². The predicted octanol–water partition coefficient (Wildman–Crippen LogP) is 3.61. The molecule has 0 unspecified atom stereocenters. The Hall–Kier alpha value is -4.60. The van der Waals surface area contributed by atoms with Gasteiger partial charge >= 0.3 is 0 Å². The summed E-state index contributed by atoms with van der Waals surface area (Å²) in [4.78, 5) is 32.4. The maximum Gasteiger partial charge on any atom is 0.264 e. The number of pyridine rings is 1. The molecule has 3 N–H and O–H groups in total. The molecule has 1 saturated carbocycles. The standard InChI is InChI=1S/C28H29N7O3/c1-3-22-21(15-17-9-12-23(31-16-17)19-7-5-6-8-20(19)25(29)34-37)27(36)35(26(32-22)18-10-11-18)28-30-14-13-24(33-28)38-4-2/h5-9,12-14,16,18,37H,3-4,10-11,15H2,1-2H3,(H2,29,34). The van der Waals surface area contributed by atoms with Gasteiger partial charge in [0.25, 0.3) is 5.56 Å². The van der Waals surface area contributed by atoms with E-state index in [4.69, 9.17) is 20.7 Å². The van der Waals surface area contributed by atoms with Crippen LogP contribution < -0.4 is 16.0 Å². The number of nitrogens with two attached hydrogens (primary N) is 1. The van der Waals surface area contributed by atoms with Crippen molar-refractivity contribution in [1.29, 1.82) is 0 Å². The van der Waals surface area contributed by atoms with Crippen molar-refractivity contribution in [2.24, 2.45) is 10.9 Å². The Labute approximate surface area is 219 Å². The molecular formula is C28H29N7O3. The summed E-state index contributed by atoms with van der Waals surface area (Å²) in [6, 6.07) is 12.8. The molecule has 1 aliphatic rings. The maximum absolute atomic E-state index is 13.9. The molecular weight excluding hydrogens is 482 g/mol. The van der Waals surface area contributed by atoms with E-state index in [9.17, 15) is 4.79 Å². The van der Waals surface area contributed by atoms with E-state index in [2.05, 4.69) is 20.1 Å². The van der Waals surface area contributed by atoms with Crippen LogP contribution in [0.5, 0.6) is 5.88 Å². The average Bonchev–Trinajstić information content (AvgIpc) is 3.80. The Morgan fingerprint density at radius 3 is 2.63 bits per heavy atom. The fourth-order valence-electron chi connectivity index (χ4n) is 4.44. The lowest BCUT2D eigenvalue weighted by Crippen LogP contribution is -2.30. The molecule has 0 spiro atoms. The zero-order chi connectivity index (χ0) is 26.6. The monoisotopic (exact) mass is 511 g/mol. The average molecular weight is 512 g/mol. The van der Waals surface area contributed by atoms with Crippen molar-refractivity contribution in [2.45, 2.75) is 45.4 Å². The number of aromatic nitrogens is 5. The molecule has 0 amide bonds. The van der Waals surface area contributed by atoms with E-state index in [1.54, 1.807) is 29.1 Å². The maximum atomic E-state index is 13.9. The van der Waals surface area contributed by atoms with E-state index >= 15 is 0 Å². The van der Waals surface area contributed by atoms with Crippen LogP contribution in [0.1, 0.15) is 60.8 Å². The first-order valence-corrected chi connectivity index (χ1v) is 12.7. The van der Waals surface area contributed by atoms with Gasteiger partial charge in [-0.25, -0.2) is 14.5 Å². The zero-order valence-electron chi connectivity index (χ0n) is 21.3. The molecule has 38 heavy (non-hydrogen) atoms. The number of nitrogens with zero attached hydrogens (tertiary/aromatic N) is 6. The quantitative estimate of drug-likeness (QED) is 0.150. The molecule has 10 heteroatoms. The Morgan fingerprint density at radius 1 is 1.13 bits per heavy atom. The van der Waals surface area contributed by atoms with E-state index < -0.39 is 0 Å². The third-order valence-corrected chi connectivity index (χ3v) is 6.47. The minimum atomic E-state index is -0.172. The molecule has 1 aliphatic carbocycles. The highest BCUT2D eigenvalue weighted by Crippen LogP contribution is 2.39. The van der Waals surface area contributed by atoms with Gasteiger partial charge in [-0.05, 0) is 37.8 Å². The van der Waals surface area contributed by atoms with E-state index in [0.29, 0.717) is 48.0 Å². The molecule has 1 aromatic carbocycles. The van der Waals surface area contributed by atoms with Crippen molar-refractivity contribution in [3.63, 3.8) is 0 Å². The van der Waals surface area contributed by atoms with E-state index in [0.717, 1.165) is 29.7 Å². The highest BCUT2D eigenvalue weighted by Gasteiger charge is 2.31. The fourth-order valence-corrected chi connectivity index (χ4v) is 4.44. The molecule has 3 heterocycles. The first-order valence-electron chi connectivity index (χ1n) is 12.7. The molecule has 0 atom stereocenters. The van der Waals surface area contributed by atoms with Gasteiger partial charge in [-0.1, -0.05) is 42.4 Å². The lowest BCUT2D eigenvalue weighted by molar-refractivity contribution is 0.318. The van der Waals surface area contributed by atoms with Crippen LogP contribution in [-0.2, 0) is 12.8 Å². The third kappa shape index (κ3) is 4.97. The van der Waals surface area contributed by atoms with Crippen molar-refractivity contribution in [3.05, 3.63) is 93.4 Å². The van der Waals surface area contributed by atoms with Crippen LogP contribution in [0.25, 0.3) is 17.2 Å². The molecule has 1 fully saturated rings. The smallest absolute Gasteiger partial charge is 0.264 e. The number of hydrogen-bond acceptors (Lipinski definition) is 8. The SMILES string of the molecule is CCOc1ccnc(-n2c(C3CC3)nc(CC)c(Cc3ccc(-c4ccccc4/C(N)=N\O)nc3)c2=O)n1. The number of benzene rings is 1. The molecule has 0 bridgehead atoms. The van der Waals surface area contributed by atoms with E-state index in [1.165, 1.54) is 0 Å². The second-order valence-corrected chi connectivity index (χ2v) is 9.05. The van der Waals surface area contributed by atoms with Crippen molar-refractivity contribution in [3.8, 4) is 23.1 Å². The van der Waals surface area contributed by atoms with Gasteiger partial charge in [-0.3, -0.25) is 9.78 Å². The van der Waals surface area contributed by atoms with Gasteiger partial charge in [0, 0.05) is 47.5 Å². The molecule has 194 valence electrons. The number of amidine groups is 1. The van der Waals surface area contributed by atoms with Gasteiger partial charge in [0.2, 0.25) is 11.8 Å². The van der Waals surface area contributed by atoms with Gasteiger partial charge < -0.3 is 15.7 Å². The van der Waals surface area contributed by atoms with E-state index in [-0.39, 0.29) is 23.3 Å². The largest absolute Gasteiger partial charge is 0.478 e. The highest BCUT2D eigenvalue weighted by atomic mass is 16.5. The summed E-state index contributed by atoms with van der Waals surface area (Å²) < 4.78 is 7.09. The Bertz CT molecular complexity index is 1540. The summed E-state index contributed by atoms with van der Waals surface area (Å²) >= 11 is 0. The normalized spacial score (nSPS) is 13.5. The fraction of sp³-hybridized carbons (Fsp3) is 0.286. The van der Waals surface area contributed by atoms with Crippen LogP contribution in [0, 0.1) is 0 Å². The first-order chi connectivity index (χ1) is 18.5. The van der Waals surface area contributed by atoms with Gasteiger partial charge in [-0.2, -0.15) is 4.98 Å². The van der Waals surface area contributed by atoms with Crippen molar-refractivity contribution in [1.82, 2.24) is 24.5 Å². The molecule has 3 aromatic heterocycles. The number of rotatable bonds is 9. The molecule has 10 nitrogen and oxygen atoms in total. The molecule has 5 rings (SSSR count). The summed E-state index contributed by atoms with van der Waals surface area (Å²) in [7, 11) is 0. The van der Waals surface area contributed by atoms with E-state index in [1.807, 2.05) is 44.2 Å². The molecule has 0 saturated heterocycles. The molecule has 4 aromatic rings. The summed E-state index contributed by atoms with van der Waals surface area (Å²) in [6.45, 7) is 4.35. The molecule has 0 aliphatic heterocycles. The Morgan fingerprint density at radius 2 is 1.95 bits per heavy atom. The minimum absolute atomic E-state index is 0.0112. The third-order valence-electron chi connectivity index (χ3n) is 6.47. The number of oxime groups is 1. The second kappa shape index (κ2) is 10.8. The van der Waals surface area contributed by atoms with Gasteiger partial charge in [-0.15, -0.1) is 0 Å². The van der Waals surface area contributed by atoms with Crippen LogP contribution in [-0.4, -0.2) is 42.2 Å². The lowest BCUT2D eigenvalue weighted by atomic mass is 10.0.